The van der Waals surface area contributed by atoms with E-state index in [-0.39, 0.29) is 5.91 Å². The van der Waals surface area contributed by atoms with Crippen molar-refractivity contribution in [2.24, 2.45) is 0 Å². The number of carbonyl (C=O) groups is 1. The molecule has 1 aliphatic heterocycles. The minimum absolute atomic E-state index is 0.0588. The van der Waals surface area contributed by atoms with Crippen molar-refractivity contribution in [1.29, 1.82) is 0 Å². The lowest BCUT2D eigenvalue weighted by molar-refractivity contribution is 0.0750. The molecule has 0 spiro atoms. The minimum Gasteiger partial charge on any atom is -0.373 e. The van der Waals surface area contributed by atoms with Gasteiger partial charge in [-0.3, -0.25) is 9.78 Å². The van der Waals surface area contributed by atoms with Crippen molar-refractivity contribution in [2.75, 3.05) is 25.0 Å². The number of hydrogen-bond donors (Lipinski definition) is 0. The standard InChI is InChI=1S/C22H23N3O/c1-15-8-9-20-18(12-15)13-19(16(2)23-20)22(26)25-11-10-24(3)21-7-5-4-6-17(21)14-25/h4-9,12-13H,10-11,14H2,1-3H3. The maximum Gasteiger partial charge on any atom is 0.256 e. The highest BCUT2D eigenvalue weighted by atomic mass is 16.2. The van der Waals surface area contributed by atoms with E-state index in [1.165, 1.54) is 16.8 Å². The van der Waals surface area contributed by atoms with Gasteiger partial charge in [-0.1, -0.05) is 29.8 Å². The second-order valence-electron chi connectivity index (χ2n) is 7.09. The molecule has 4 rings (SSSR count). The number of rotatable bonds is 1. The quantitative estimate of drug-likeness (QED) is 0.670. The fourth-order valence-electron chi connectivity index (χ4n) is 3.65. The van der Waals surface area contributed by atoms with E-state index in [1.807, 2.05) is 36.1 Å². The summed E-state index contributed by atoms with van der Waals surface area (Å²) < 4.78 is 0. The summed E-state index contributed by atoms with van der Waals surface area (Å²) in [5, 5.41) is 1.02. The average Bonchev–Trinajstić information content (AvgIpc) is 2.80. The van der Waals surface area contributed by atoms with Crippen molar-refractivity contribution in [3.8, 4) is 0 Å². The Morgan fingerprint density at radius 2 is 1.85 bits per heavy atom. The summed E-state index contributed by atoms with van der Waals surface area (Å²) in [6, 6.07) is 16.5. The van der Waals surface area contributed by atoms with Crippen LogP contribution in [0.5, 0.6) is 0 Å². The summed E-state index contributed by atoms with van der Waals surface area (Å²) >= 11 is 0. The van der Waals surface area contributed by atoms with Crippen LogP contribution in [-0.4, -0.2) is 35.9 Å². The Labute approximate surface area is 154 Å². The van der Waals surface area contributed by atoms with Crippen LogP contribution in [0.1, 0.15) is 27.2 Å². The first-order chi connectivity index (χ1) is 12.5. The van der Waals surface area contributed by atoms with Crippen LogP contribution in [-0.2, 0) is 6.54 Å². The van der Waals surface area contributed by atoms with Crippen LogP contribution in [0.3, 0.4) is 0 Å². The van der Waals surface area contributed by atoms with Crippen molar-refractivity contribution in [2.45, 2.75) is 20.4 Å². The number of hydrogen-bond acceptors (Lipinski definition) is 3. The monoisotopic (exact) mass is 345 g/mol. The number of fused-ring (bicyclic) bond motifs is 2. The van der Waals surface area contributed by atoms with Gasteiger partial charge in [0.25, 0.3) is 5.91 Å². The SMILES string of the molecule is Cc1ccc2nc(C)c(C(=O)N3CCN(C)c4ccccc4C3)cc2c1. The molecule has 0 N–H and O–H groups in total. The number of nitrogens with zero attached hydrogens (tertiary/aromatic N) is 3. The number of carbonyl (C=O) groups excluding carboxylic acids is 1. The molecule has 1 amide bonds. The topological polar surface area (TPSA) is 36.4 Å². The van der Waals surface area contributed by atoms with E-state index in [0.29, 0.717) is 18.7 Å². The number of anilines is 1. The van der Waals surface area contributed by atoms with Crippen molar-refractivity contribution >= 4 is 22.5 Å². The van der Waals surface area contributed by atoms with Crippen molar-refractivity contribution in [3.05, 3.63) is 70.9 Å². The highest BCUT2D eigenvalue weighted by molar-refractivity contribution is 5.98. The number of likely N-dealkylation sites (N-methyl/N-ethyl adjacent to an activating group) is 1. The molecule has 2 aromatic carbocycles. The Morgan fingerprint density at radius 1 is 1.04 bits per heavy atom. The molecule has 4 nitrogen and oxygen atoms in total. The lowest BCUT2D eigenvalue weighted by Gasteiger charge is -2.22. The van der Waals surface area contributed by atoms with Crippen LogP contribution in [0.15, 0.2) is 48.5 Å². The zero-order valence-corrected chi connectivity index (χ0v) is 15.5. The molecule has 0 bridgehead atoms. The predicted octanol–water partition coefficient (Wildman–Crippen LogP) is 3.94. The summed E-state index contributed by atoms with van der Waals surface area (Å²) in [6.07, 6.45) is 0. The smallest absolute Gasteiger partial charge is 0.256 e. The Balaban J connectivity index is 1.71. The van der Waals surface area contributed by atoms with Crippen LogP contribution in [0.2, 0.25) is 0 Å². The van der Waals surface area contributed by atoms with Gasteiger partial charge in [0.15, 0.2) is 0 Å². The molecule has 132 valence electrons. The van der Waals surface area contributed by atoms with Crippen LogP contribution in [0.4, 0.5) is 5.69 Å². The summed E-state index contributed by atoms with van der Waals surface area (Å²) in [5.41, 5.74) is 5.98. The molecular weight excluding hydrogens is 322 g/mol. The fourth-order valence-corrected chi connectivity index (χ4v) is 3.65. The fraction of sp³-hybridized carbons (Fsp3) is 0.273. The van der Waals surface area contributed by atoms with Gasteiger partial charge in [-0.05, 0) is 43.7 Å². The van der Waals surface area contributed by atoms with Crippen LogP contribution in [0.25, 0.3) is 10.9 Å². The van der Waals surface area contributed by atoms with Crippen molar-refractivity contribution in [1.82, 2.24) is 9.88 Å². The van der Waals surface area contributed by atoms with Crippen LogP contribution >= 0.6 is 0 Å². The van der Waals surface area contributed by atoms with E-state index < -0.39 is 0 Å². The lowest BCUT2D eigenvalue weighted by atomic mass is 10.1. The van der Waals surface area contributed by atoms with E-state index in [0.717, 1.165) is 23.1 Å². The van der Waals surface area contributed by atoms with Gasteiger partial charge in [0, 0.05) is 37.8 Å². The van der Waals surface area contributed by atoms with E-state index in [4.69, 9.17) is 0 Å². The molecule has 0 aliphatic carbocycles. The number of benzene rings is 2. The zero-order valence-electron chi connectivity index (χ0n) is 15.5. The Bertz CT molecular complexity index is 996. The molecule has 1 aromatic heterocycles. The average molecular weight is 345 g/mol. The van der Waals surface area contributed by atoms with Crippen molar-refractivity contribution < 1.29 is 4.79 Å². The zero-order chi connectivity index (χ0) is 18.3. The summed E-state index contributed by atoms with van der Waals surface area (Å²) in [4.78, 5) is 22.1. The molecule has 0 saturated heterocycles. The molecule has 3 aromatic rings. The molecule has 1 aliphatic rings. The molecule has 0 saturated carbocycles. The normalized spacial score (nSPS) is 14.3. The molecule has 2 heterocycles. The number of aryl methyl sites for hydroxylation is 2. The minimum atomic E-state index is 0.0588. The predicted molar refractivity (Wildman–Crippen MR) is 106 cm³/mol. The number of para-hydroxylation sites is 1. The van der Waals surface area contributed by atoms with Gasteiger partial charge in [0.05, 0.1) is 16.8 Å². The molecule has 26 heavy (non-hydrogen) atoms. The molecule has 0 radical (unpaired) electrons. The van der Waals surface area contributed by atoms with Crippen LogP contribution in [0, 0.1) is 13.8 Å². The Hall–Kier alpha value is -2.88. The molecule has 0 unspecified atom stereocenters. The van der Waals surface area contributed by atoms with E-state index in [2.05, 4.69) is 48.1 Å². The lowest BCUT2D eigenvalue weighted by Crippen LogP contribution is -2.34. The highest BCUT2D eigenvalue weighted by Crippen LogP contribution is 2.26. The second-order valence-corrected chi connectivity index (χ2v) is 7.09. The largest absolute Gasteiger partial charge is 0.373 e. The Kier molecular flexibility index (Phi) is 4.11. The first-order valence-corrected chi connectivity index (χ1v) is 8.99. The summed E-state index contributed by atoms with van der Waals surface area (Å²) in [7, 11) is 2.08. The van der Waals surface area contributed by atoms with E-state index in [9.17, 15) is 4.79 Å². The summed E-state index contributed by atoms with van der Waals surface area (Å²) in [5.74, 6) is 0.0588. The van der Waals surface area contributed by atoms with E-state index >= 15 is 0 Å². The maximum absolute atomic E-state index is 13.3. The molecule has 4 heteroatoms. The van der Waals surface area contributed by atoms with Gasteiger partial charge in [-0.2, -0.15) is 0 Å². The van der Waals surface area contributed by atoms with E-state index in [1.54, 1.807) is 0 Å². The number of pyridine rings is 1. The van der Waals surface area contributed by atoms with Gasteiger partial charge in [0.1, 0.15) is 0 Å². The first kappa shape index (κ1) is 16.6. The maximum atomic E-state index is 13.3. The van der Waals surface area contributed by atoms with Crippen molar-refractivity contribution in [3.63, 3.8) is 0 Å². The van der Waals surface area contributed by atoms with Gasteiger partial charge < -0.3 is 9.80 Å². The third-order valence-electron chi connectivity index (χ3n) is 5.15. The number of aromatic nitrogens is 1. The molecular formula is C22H23N3O. The first-order valence-electron chi connectivity index (χ1n) is 8.99. The van der Waals surface area contributed by atoms with Gasteiger partial charge >= 0.3 is 0 Å². The van der Waals surface area contributed by atoms with Gasteiger partial charge in [-0.15, -0.1) is 0 Å². The molecule has 0 fully saturated rings. The third-order valence-corrected chi connectivity index (χ3v) is 5.15. The summed E-state index contributed by atoms with van der Waals surface area (Å²) in [6.45, 7) is 6.13. The molecule has 0 atom stereocenters. The van der Waals surface area contributed by atoms with Gasteiger partial charge in [-0.25, -0.2) is 0 Å². The third kappa shape index (κ3) is 2.92. The Morgan fingerprint density at radius 3 is 2.69 bits per heavy atom. The number of amides is 1. The van der Waals surface area contributed by atoms with Gasteiger partial charge in [0.2, 0.25) is 0 Å². The van der Waals surface area contributed by atoms with Crippen LogP contribution < -0.4 is 4.90 Å². The second kappa shape index (κ2) is 6.45. The highest BCUT2D eigenvalue weighted by Gasteiger charge is 2.23.